The maximum Gasteiger partial charge on any atom is 0.335 e. The van der Waals surface area contributed by atoms with E-state index < -0.39 is 5.97 Å². The highest BCUT2D eigenvalue weighted by molar-refractivity contribution is 6.09. The number of anilines is 1. The number of fused-ring (bicyclic) bond motifs is 1. The van der Waals surface area contributed by atoms with Crippen LogP contribution in [0.5, 0.6) is 5.75 Å². The Kier molecular flexibility index (Phi) is 5.40. The van der Waals surface area contributed by atoms with E-state index in [4.69, 9.17) is 4.74 Å². The maximum absolute atomic E-state index is 13.1. The maximum atomic E-state index is 13.1. The summed E-state index contributed by atoms with van der Waals surface area (Å²) in [4.78, 5) is 24.4. The first-order valence-electron chi connectivity index (χ1n) is 9.28. The number of nitrogens with zero attached hydrogens (tertiary/aromatic N) is 1. The molecule has 0 aliphatic heterocycles. The quantitative estimate of drug-likeness (QED) is 0.653. The molecule has 0 bridgehead atoms. The number of nitrogens with one attached hydrogen (secondary N) is 1. The highest BCUT2D eigenvalue weighted by atomic mass is 16.5. The van der Waals surface area contributed by atoms with Crippen LogP contribution in [0.1, 0.15) is 45.8 Å². The van der Waals surface area contributed by atoms with E-state index in [0.717, 1.165) is 27.8 Å². The zero-order valence-electron chi connectivity index (χ0n) is 16.5. The van der Waals surface area contributed by atoms with E-state index in [2.05, 4.69) is 5.32 Å². The molecule has 0 aliphatic carbocycles. The number of ether oxygens (including phenoxy) is 1. The van der Waals surface area contributed by atoms with E-state index in [1.807, 2.05) is 50.5 Å². The normalized spacial score (nSPS) is 10.9. The highest BCUT2D eigenvalue weighted by Gasteiger charge is 2.21. The van der Waals surface area contributed by atoms with Crippen molar-refractivity contribution in [1.82, 2.24) is 4.57 Å². The lowest BCUT2D eigenvalue weighted by Gasteiger charge is -2.12. The predicted octanol–water partition coefficient (Wildman–Crippen LogP) is 4.63. The number of carbonyl (C=O) groups excluding carboxylic acids is 1. The molecule has 3 aromatic rings. The van der Waals surface area contributed by atoms with Crippen LogP contribution in [0.25, 0.3) is 10.9 Å². The van der Waals surface area contributed by atoms with E-state index in [9.17, 15) is 14.7 Å². The highest BCUT2D eigenvalue weighted by Crippen LogP contribution is 2.30. The average molecular weight is 380 g/mol. The monoisotopic (exact) mass is 380 g/mol. The van der Waals surface area contributed by atoms with Gasteiger partial charge in [0.15, 0.2) is 0 Å². The van der Waals surface area contributed by atoms with Crippen molar-refractivity contribution in [2.75, 3.05) is 11.9 Å². The molecule has 0 fully saturated rings. The number of aromatic nitrogens is 1. The number of benzene rings is 2. The minimum absolute atomic E-state index is 0.134. The van der Waals surface area contributed by atoms with Crippen molar-refractivity contribution in [3.63, 3.8) is 0 Å². The molecule has 2 N–H and O–H groups in total. The van der Waals surface area contributed by atoms with Crippen LogP contribution in [0.15, 0.2) is 36.4 Å². The lowest BCUT2D eigenvalue weighted by atomic mass is 10.1. The molecule has 6 heteroatoms. The number of carbonyl (C=O) groups is 2. The van der Waals surface area contributed by atoms with Crippen LogP contribution in [-0.4, -0.2) is 28.2 Å². The lowest BCUT2D eigenvalue weighted by Crippen LogP contribution is -2.18. The van der Waals surface area contributed by atoms with E-state index in [1.165, 1.54) is 12.1 Å². The third-order valence-corrected chi connectivity index (χ3v) is 4.86. The summed E-state index contributed by atoms with van der Waals surface area (Å²) in [6.07, 6.45) is 0. The Labute approximate surface area is 163 Å². The van der Waals surface area contributed by atoms with Crippen LogP contribution < -0.4 is 10.1 Å². The molecule has 1 aromatic heterocycles. The fraction of sp³-hybridized carbons (Fsp3) is 0.273. The second-order valence-electron chi connectivity index (χ2n) is 6.62. The van der Waals surface area contributed by atoms with Gasteiger partial charge in [-0.25, -0.2) is 4.79 Å². The van der Waals surface area contributed by atoms with Crippen molar-refractivity contribution in [3.8, 4) is 5.75 Å². The van der Waals surface area contributed by atoms with Crippen molar-refractivity contribution in [3.05, 3.63) is 58.8 Å². The van der Waals surface area contributed by atoms with Gasteiger partial charge >= 0.3 is 5.97 Å². The molecule has 0 saturated heterocycles. The number of amides is 1. The van der Waals surface area contributed by atoms with Gasteiger partial charge in [-0.15, -0.1) is 0 Å². The standard InChI is InChI=1S/C22H24N2O4/c1-5-24-19-10-9-16(28-6-2)12-17(19)14(4)20(24)21(25)23-18-11-15(22(26)27)8-7-13(18)3/h7-12H,5-6H2,1-4H3,(H,23,25)(H,26,27). The Bertz CT molecular complexity index is 1070. The summed E-state index contributed by atoms with van der Waals surface area (Å²) in [5.41, 5.74) is 3.81. The minimum atomic E-state index is -1.03. The van der Waals surface area contributed by atoms with Crippen LogP contribution in [0.3, 0.4) is 0 Å². The van der Waals surface area contributed by atoms with Gasteiger partial charge in [-0.05, 0) is 69.2 Å². The van der Waals surface area contributed by atoms with E-state index >= 15 is 0 Å². The molecule has 1 heterocycles. The summed E-state index contributed by atoms with van der Waals surface area (Å²) >= 11 is 0. The van der Waals surface area contributed by atoms with Gasteiger partial charge in [0.25, 0.3) is 5.91 Å². The third-order valence-electron chi connectivity index (χ3n) is 4.86. The molecule has 0 atom stereocenters. The summed E-state index contributed by atoms with van der Waals surface area (Å²) in [5, 5.41) is 13.1. The van der Waals surface area contributed by atoms with Gasteiger partial charge < -0.3 is 19.7 Å². The molecule has 0 saturated carbocycles. The second-order valence-corrected chi connectivity index (χ2v) is 6.62. The Morgan fingerprint density at radius 3 is 2.50 bits per heavy atom. The van der Waals surface area contributed by atoms with Crippen LogP contribution in [0, 0.1) is 13.8 Å². The smallest absolute Gasteiger partial charge is 0.335 e. The second kappa shape index (κ2) is 7.76. The first kappa shape index (κ1) is 19.5. The molecular formula is C22H24N2O4. The first-order valence-corrected chi connectivity index (χ1v) is 9.28. The van der Waals surface area contributed by atoms with Gasteiger partial charge in [0.05, 0.1) is 12.2 Å². The average Bonchev–Trinajstić information content (AvgIpc) is 2.95. The number of rotatable bonds is 6. The number of aromatic carboxylic acids is 1. The van der Waals surface area contributed by atoms with Gasteiger partial charge in [0.2, 0.25) is 0 Å². The van der Waals surface area contributed by atoms with Crippen molar-refractivity contribution >= 4 is 28.5 Å². The molecule has 2 aromatic carbocycles. The number of carboxylic acid groups (broad SMARTS) is 1. The van der Waals surface area contributed by atoms with Crippen molar-refractivity contribution < 1.29 is 19.4 Å². The van der Waals surface area contributed by atoms with Crippen LogP contribution in [-0.2, 0) is 6.54 Å². The topological polar surface area (TPSA) is 80.6 Å². The molecule has 1 amide bonds. The summed E-state index contributed by atoms with van der Waals surface area (Å²) in [6, 6.07) is 10.5. The summed E-state index contributed by atoms with van der Waals surface area (Å²) in [6.45, 7) is 8.88. The van der Waals surface area contributed by atoms with Crippen LogP contribution >= 0.6 is 0 Å². The van der Waals surface area contributed by atoms with Crippen molar-refractivity contribution in [2.45, 2.75) is 34.2 Å². The molecular weight excluding hydrogens is 356 g/mol. The number of hydrogen-bond acceptors (Lipinski definition) is 3. The molecule has 0 radical (unpaired) electrons. The SMILES string of the molecule is CCOc1ccc2c(c1)c(C)c(C(=O)Nc1cc(C(=O)O)ccc1C)n2CC. The predicted molar refractivity (Wildman–Crippen MR) is 110 cm³/mol. The van der Waals surface area contributed by atoms with Gasteiger partial charge in [-0.3, -0.25) is 4.79 Å². The first-order chi connectivity index (χ1) is 13.4. The van der Waals surface area contributed by atoms with Gasteiger partial charge in [0.1, 0.15) is 11.4 Å². The van der Waals surface area contributed by atoms with Gasteiger partial charge in [-0.2, -0.15) is 0 Å². The van der Waals surface area contributed by atoms with Gasteiger partial charge in [-0.1, -0.05) is 6.07 Å². The Morgan fingerprint density at radius 1 is 1.11 bits per heavy atom. The molecule has 6 nitrogen and oxygen atoms in total. The third kappa shape index (κ3) is 3.45. The number of hydrogen-bond donors (Lipinski definition) is 2. The fourth-order valence-electron chi connectivity index (χ4n) is 3.45. The van der Waals surface area contributed by atoms with E-state index in [1.54, 1.807) is 6.07 Å². The Hall–Kier alpha value is -3.28. The number of aryl methyl sites for hydroxylation is 3. The van der Waals surface area contributed by atoms with E-state index in [0.29, 0.717) is 24.5 Å². The number of carboxylic acids is 1. The Balaban J connectivity index is 2.05. The van der Waals surface area contributed by atoms with E-state index in [-0.39, 0.29) is 11.5 Å². The molecule has 3 rings (SSSR count). The zero-order chi connectivity index (χ0) is 20.4. The van der Waals surface area contributed by atoms with Crippen molar-refractivity contribution in [2.24, 2.45) is 0 Å². The van der Waals surface area contributed by atoms with Crippen LogP contribution in [0.4, 0.5) is 5.69 Å². The largest absolute Gasteiger partial charge is 0.494 e. The summed E-state index contributed by atoms with van der Waals surface area (Å²) in [7, 11) is 0. The molecule has 28 heavy (non-hydrogen) atoms. The minimum Gasteiger partial charge on any atom is -0.494 e. The Morgan fingerprint density at radius 2 is 1.86 bits per heavy atom. The lowest BCUT2D eigenvalue weighted by molar-refractivity contribution is 0.0696. The van der Waals surface area contributed by atoms with Crippen molar-refractivity contribution in [1.29, 1.82) is 0 Å². The zero-order valence-corrected chi connectivity index (χ0v) is 16.5. The molecule has 0 unspecified atom stereocenters. The van der Waals surface area contributed by atoms with Crippen LogP contribution in [0.2, 0.25) is 0 Å². The fourth-order valence-corrected chi connectivity index (χ4v) is 3.45. The summed E-state index contributed by atoms with van der Waals surface area (Å²) in [5.74, 6) is -0.528. The molecule has 0 aliphatic rings. The molecule has 0 spiro atoms. The molecule has 146 valence electrons. The summed E-state index contributed by atoms with van der Waals surface area (Å²) < 4.78 is 7.56. The van der Waals surface area contributed by atoms with Gasteiger partial charge in [0, 0.05) is 23.1 Å².